The summed E-state index contributed by atoms with van der Waals surface area (Å²) in [5.74, 6) is -0.896. The Morgan fingerprint density at radius 2 is 2.15 bits per heavy atom. The number of hydrogen-bond acceptors (Lipinski definition) is 1. The summed E-state index contributed by atoms with van der Waals surface area (Å²) in [6.45, 7) is 0. The highest BCUT2D eigenvalue weighted by Gasteiger charge is 2.12. The number of carbonyl (C=O) groups excluding carboxylic acids is 1. The summed E-state index contributed by atoms with van der Waals surface area (Å²) < 4.78 is 13.6. The van der Waals surface area contributed by atoms with E-state index in [1.54, 1.807) is 0 Å². The Kier molecular flexibility index (Phi) is 3.88. The van der Waals surface area contributed by atoms with Crippen LogP contribution in [0.1, 0.15) is 10.4 Å². The van der Waals surface area contributed by atoms with Crippen molar-refractivity contribution in [3.05, 3.63) is 33.0 Å². The zero-order valence-electron chi connectivity index (χ0n) is 6.28. The van der Waals surface area contributed by atoms with E-state index in [0.717, 1.165) is 0 Å². The number of hydrogen-bond donors (Lipinski definition) is 0. The van der Waals surface area contributed by atoms with Gasteiger partial charge in [-0.2, -0.15) is 0 Å². The minimum absolute atomic E-state index is 0.00470. The van der Waals surface area contributed by atoms with Gasteiger partial charge in [0.2, 0.25) is 0 Å². The van der Waals surface area contributed by atoms with Gasteiger partial charge in [0.05, 0.1) is 15.9 Å². The van der Waals surface area contributed by atoms with Crippen LogP contribution in [0.5, 0.6) is 0 Å². The average molecular weight is 330 g/mol. The van der Waals surface area contributed by atoms with Gasteiger partial charge in [-0.15, -0.1) is 0 Å². The SMILES string of the molecule is O=C(CBr)c1cc(Cl)c(Br)cc1F. The number of Topliss-reactive ketones (excluding diaryl/α,β-unsaturated/α-hetero) is 1. The van der Waals surface area contributed by atoms with E-state index in [9.17, 15) is 9.18 Å². The van der Waals surface area contributed by atoms with Crippen LogP contribution in [-0.4, -0.2) is 11.1 Å². The molecule has 0 heterocycles. The smallest absolute Gasteiger partial charge is 0.176 e. The molecule has 1 rings (SSSR count). The molecule has 13 heavy (non-hydrogen) atoms. The number of rotatable bonds is 2. The summed E-state index contributed by atoms with van der Waals surface area (Å²) >= 11 is 11.7. The summed E-state index contributed by atoms with van der Waals surface area (Å²) in [6.07, 6.45) is 0. The lowest BCUT2D eigenvalue weighted by Gasteiger charge is -2.02. The second-order valence-corrected chi connectivity index (χ2v) is 4.13. The molecule has 0 bridgehead atoms. The molecule has 0 aliphatic heterocycles. The van der Waals surface area contributed by atoms with Gasteiger partial charge in [-0.05, 0) is 28.1 Å². The van der Waals surface area contributed by atoms with Crippen LogP contribution in [-0.2, 0) is 0 Å². The van der Waals surface area contributed by atoms with Gasteiger partial charge in [-0.25, -0.2) is 4.39 Å². The molecule has 0 amide bonds. The van der Waals surface area contributed by atoms with Crippen LogP contribution in [0.4, 0.5) is 4.39 Å². The van der Waals surface area contributed by atoms with Gasteiger partial charge in [0.1, 0.15) is 5.82 Å². The molecule has 70 valence electrons. The predicted octanol–water partition coefficient (Wildman–Crippen LogP) is 3.82. The van der Waals surface area contributed by atoms with E-state index in [1.807, 2.05) is 0 Å². The molecule has 0 spiro atoms. The summed E-state index contributed by atoms with van der Waals surface area (Å²) in [5.41, 5.74) is 0.00470. The van der Waals surface area contributed by atoms with Crippen molar-refractivity contribution in [1.82, 2.24) is 0 Å². The van der Waals surface area contributed by atoms with Crippen molar-refractivity contribution in [3.63, 3.8) is 0 Å². The molecule has 0 saturated heterocycles. The lowest BCUT2D eigenvalue weighted by atomic mass is 10.1. The third-order valence-electron chi connectivity index (χ3n) is 1.43. The molecular weight excluding hydrogens is 326 g/mol. The van der Waals surface area contributed by atoms with Crippen LogP contribution in [0.3, 0.4) is 0 Å². The summed E-state index contributed by atoms with van der Waals surface area (Å²) in [7, 11) is 0. The lowest BCUT2D eigenvalue weighted by molar-refractivity contribution is 0.102. The topological polar surface area (TPSA) is 17.1 Å². The predicted molar refractivity (Wildman–Crippen MR) is 57.2 cm³/mol. The fraction of sp³-hybridized carbons (Fsp3) is 0.125. The third-order valence-corrected chi connectivity index (χ3v) is 3.14. The van der Waals surface area contributed by atoms with Crippen LogP contribution in [0.25, 0.3) is 0 Å². The van der Waals surface area contributed by atoms with E-state index in [0.29, 0.717) is 9.50 Å². The van der Waals surface area contributed by atoms with Crippen molar-refractivity contribution in [2.75, 3.05) is 5.33 Å². The molecule has 1 aromatic carbocycles. The Balaban J connectivity index is 3.23. The quantitative estimate of drug-likeness (QED) is 0.458. The standard InChI is InChI=1S/C8H4Br2ClFO/c9-3-8(13)4-1-6(11)5(10)2-7(4)12/h1-2H,3H2. The number of ketones is 1. The van der Waals surface area contributed by atoms with Crippen molar-refractivity contribution in [3.8, 4) is 0 Å². The van der Waals surface area contributed by atoms with Crippen LogP contribution in [0.2, 0.25) is 5.02 Å². The zero-order valence-corrected chi connectivity index (χ0v) is 10.2. The first-order valence-corrected chi connectivity index (χ1v) is 5.59. The van der Waals surface area contributed by atoms with Crippen molar-refractivity contribution in [2.24, 2.45) is 0 Å². The van der Waals surface area contributed by atoms with E-state index in [2.05, 4.69) is 31.9 Å². The fourth-order valence-electron chi connectivity index (χ4n) is 0.808. The van der Waals surface area contributed by atoms with Gasteiger partial charge in [0, 0.05) is 4.47 Å². The Hall–Kier alpha value is 0.0700. The lowest BCUT2D eigenvalue weighted by Crippen LogP contribution is -2.03. The molecule has 0 atom stereocenters. The Morgan fingerprint density at radius 3 is 2.69 bits per heavy atom. The fourth-order valence-corrected chi connectivity index (χ4v) is 1.59. The first-order chi connectivity index (χ1) is 6.06. The molecule has 0 aliphatic rings. The first kappa shape index (κ1) is 11.1. The second-order valence-electron chi connectivity index (χ2n) is 2.30. The Labute approximate surface area is 96.5 Å². The highest BCUT2D eigenvalue weighted by molar-refractivity contribution is 9.10. The van der Waals surface area contributed by atoms with E-state index in [1.165, 1.54) is 12.1 Å². The van der Waals surface area contributed by atoms with Crippen LogP contribution in [0.15, 0.2) is 16.6 Å². The summed E-state index contributed by atoms with van der Waals surface area (Å²) in [6, 6.07) is 2.49. The summed E-state index contributed by atoms with van der Waals surface area (Å²) in [4.78, 5) is 11.1. The molecule has 1 aromatic rings. The molecule has 0 aliphatic carbocycles. The van der Waals surface area contributed by atoms with E-state index >= 15 is 0 Å². The second kappa shape index (κ2) is 4.53. The van der Waals surface area contributed by atoms with Crippen molar-refractivity contribution >= 4 is 49.2 Å². The normalized spacial score (nSPS) is 10.2. The van der Waals surface area contributed by atoms with Gasteiger partial charge in [-0.1, -0.05) is 27.5 Å². The number of halogens is 4. The molecule has 5 heteroatoms. The van der Waals surface area contributed by atoms with Gasteiger partial charge in [0.25, 0.3) is 0 Å². The molecule has 0 unspecified atom stereocenters. The first-order valence-electron chi connectivity index (χ1n) is 3.30. The average Bonchev–Trinajstić information content (AvgIpc) is 2.10. The van der Waals surface area contributed by atoms with Gasteiger partial charge in [-0.3, -0.25) is 4.79 Å². The number of carbonyl (C=O) groups is 1. The number of benzene rings is 1. The van der Waals surface area contributed by atoms with E-state index < -0.39 is 5.82 Å². The van der Waals surface area contributed by atoms with Crippen molar-refractivity contribution in [2.45, 2.75) is 0 Å². The highest BCUT2D eigenvalue weighted by atomic mass is 79.9. The van der Waals surface area contributed by atoms with Crippen LogP contribution >= 0.6 is 43.5 Å². The zero-order chi connectivity index (χ0) is 10.0. The largest absolute Gasteiger partial charge is 0.293 e. The third kappa shape index (κ3) is 2.51. The molecule has 0 radical (unpaired) electrons. The van der Waals surface area contributed by atoms with Gasteiger partial charge < -0.3 is 0 Å². The van der Waals surface area contributed by atoms with E-state index in [-0.39, 0.29) is 16.7 Å². The summed E-state index contributed by atoms with van der Waals surface area (Å²) in [5, 5.41) is 0.410. The van der Waals surface area contributed by atoms with Crippen molar-refractivity contribution < 1.29 is 9.18 Å². The Morgan fingerprint density at radius 1 is 1.54 bits per heavy atom. The molecule has 0 N–H and O–H groups in total. The minimum atomic E-state index is -0.569. The molecule has 1 nitrogen and oxygen atoms in total. The highest BCUT2D eigenvalue weighted by Crippen LogP contribution is 2.26. The van der Waals surface area contributed by atoms with Gasteiger partial charge in [0.15, 0.2) is 5.78 Å². The van der Waals surface area contributed by atoms with Crippen LogP contribution in [0, 0.1) is 5.82 Å². The Bertz CT molecular complexity index is 354. The van der Waals surface area contributed by atoms with Crippen molar-refractivity contribution in [1.29, 1.82) is 0 Å². The van der Waals surface area contributed by atoms with Crippen LogP contribution < -0.4 is 0 Å². The molecule has 0 saturated carbocycles. The molecule has 0 aromatic heterocycles. The molecule has 0 fully saturated rings. The minimum Gasteiger partial charge on any atom is -0.293 e. The maximum Gasteiger partial charge on any atom is 0.176 e. The van der Waals surface area contributed by atoms with E-state index in [4.69, 9.17) is 11.6 Å². The van der Waals surface area contributed by atoms with Gasteiger partial charge >= 0.3 is 0 Å². The number of alkyl halides is 1. The maximum atomic E-state index is 13.1. The monoisotopic (exact) mass is 328 g/mol. The molecular formula is C8H4Br2ClFO. The maximum absolute atomic E-state index is 13.1.